The number of hydrogen-bond acceptors (Lipinski definition) is 5. The zero-order valence-electron chi connectivity index (χ0n) is 16.8. The van der Waals surface area contributed by atoms with Crippen LogP contribution in [0.4, 0.5) is 5.82 Å². The van der Waals surface area contributed by atoms with Crippen molar-refractivity contribution in [3.8, 4) is 5.75 Å². The number of anilines is 1. The highest BCUT2D eigenvalue weighted by atomic mass is 79.9. The molecule has 0 bridgehead atoms. The topological polar surface area (TPSA) is 80.3 Å². The Morgan fingerprint density at radius 1 is 1.27 bits per heavy atom. The van der Waals surface area contributed by atoms with Crippen molar-refractivity contribution in [3.05, 3.63) is 75.2 Å². The number of methoxy groups -OCH3 is 1. The molecule has 1 aliphatic carbocycles. The number of pyridine rings is 1. The number of benzene rings is 1. The van der Waals surface area contributed by atoms with E-state index in [1.54, 1.807) is 19.4 Å². The van der Waals surface area contributed by atoms with E-state index in [1.165, 1.54) is 0 Å². The molecule has 2 aromatic rings. The summed E-state index contributed by atoms with van der Waals surface area (Å²) in [6, 6.07) is 11.1. The fraction of sp³-hybridized carbons (Fsp3) is 0.261. The van der Waals surface area contributed by atoms with Crippen molar-refractivity contribution >= 4 is 33.4 Å². The first-order valence-electron chi connectivity index (χ1n) is 9.79. The Morgan fingerprint density at radius 3 is 2.83 bits per heavy atom. The van der Waals surface area contributed by atoms with E-state index in [1.807, 2.05) is 37.3 Å². The van der Waals surface area contributed by atoms with E-state index in [-0.39, 0.29) is 11.7 Å². The summed E-state index contributed by atoms with van der Waals surface area (Å²) in [7, 11) is 1.60. The van der Waals surface area contributed by atoms with E-state index >= 15 is 0 Å². The number of ketones is 1. The van der Waals surface area contributed by atoms with Gasteiger partial charge >= 0.3 is 0 Å². The van der Waals surface area contributed by atoms with E-state index < -0.39 is 5.92 Å². The number of halogens is 1. The third kappa shape index (κ3) is 3.89. The fourth-order valence-electron chi connectivity index (χ4n) is 4.07. The van der Waals surface area contributed by atoms with Crippen LogP contribution in [0, 0.1) is 0 Å². The highest BCUT2D eigenvalue weighted by Gasteiger charge is 2.38. The second-order valence-electron chi connectivity index (χ2n) is 7.36. The Morgan fingerprint density at radius 2 is 2.10 bits per heavy atom. The average molecular weight is 468 g/mol. The number of carbonyl (C=O) groups is 2. The van der Waals surface area contributed by atoms with Gasteiger partial charge in [-0.25, -0.2) is 4.98 Å². The summed E-state index contributed by atoms with van der Waals surface area (Å²) in [4.78, 5) is 30.5. The van der Waals surface area contributed by atoms with Crippen LogP contribution in [0.1, 0.15) is 37.7 Å². The molecule has 1 aliphatic heterocycles. The monoisotopic (exact) mass is 467 g/mol. The van der Waals surface area contributed by atoms with Crippen LogP contribution in [0.5, 0.6) is 5.75 Å². The maximum absolute atomic E-state index is 13.4. The van der Waals surface area contributed by atoms with Gasteiger partial charge in [-0.15, -0.1) is 0 Å². The van der Waals surface area contributed by atoms with Gasteiger partial charge in [0, 0.05) is 45.5 Å². The lowest BCUT2D eigenvalue weighted by atomic mass is 9.75. The second-order valence-corrected chi connectivity index (χ2v) is 8.27. The largest absolute Gasteiger partial charge is 0.497 e. The van der Waals surface area contributed by atoms with Crippen LogP contribution in [-0.4, -0.2) is 23.8 Å². The minimum Gasteiger partial charge on any atom is -0.497 e. The summed E-state index contributed by atoms with van der Waals surface area (Å²) in [5.41, 5.74) is 3.70. The van der Waals surface area contributed by atoms with Crippen molar-refractivity contribution in [2.24, 2.45) is 0 Å². The fourth-order valence-corrected chi connectivity index (χ4v) is 4.31. The molecule has 7 heteroatoms. The minimum atomic E-state index is -0.459. The Kier molecular flexibility index (Phi) is 5.72. The standard InChI is InChI=1S/C23H22BrN3O3/c1-13-20(23(29)27-19-10-9-15(24)12-25-19)21(14-5-3-6-16(11-14)30-2)22-17(26-13)7-4-8-18(22)28/h3,5-6,9-12,21,26H,4,7-8H2,1-2H3,(H,25,27,29)/t21-/m0/s1. The number of aromatic nitrogens is 1. The van der Waals surface area contributed by atoms with Gasteiger partial charge in [0.2, 0.25) is 0 Å². The molecule has 1 aromatic carbocycles. The lowest BCUT2D eigenvalue weighted by molar-refractivity contribution is -0.116. The van der Waals surface area contributed by atoms with Crippen LogP contribution in [0.3, 0.4) is 0 Å². The number of nitrogens with zero attached hydrogens (tertiary/aromatic N) is 1. The zero-order valence-corrected chi connectivity index (χ0v) is 18.4. The molecule has 1 atom stereocenters. The summed E-state index contributed by atoms with van der Waals surface area (Å²) in [5.74, 6) is 0.467. The van der Waals surface area contributed by atoms with E-state index in [0.29, 0.717) is 29.1 Å². The van der Waals surface area contributed by atoms with Gasteiger partial charge in [-0.1, -0.05) is 12.1 Å². The SMILES string of the molecule is COc1cccc([C@H]2C(C(=O)Nc3ccc(Br)cn3)=C(C)NC3=C2C(=O)CCC3)c1. The molecule has 6 nitrogen and oxygen atoms in total. The molecule has 0 saturated heterocycles. The molecule has 2 aliphatic rings. The van der Waals surface area contributed by atoms with E-state index in [9.17, 15) is 9.59 Å². The third-order valence-corrected chi connectivity index (χ3v) is 5.89. The number of dihydropyridines is 1. The molecule has 0 radical (unpaired) electrons. The van der Waals surface area contributed by atoms with Crippen LogP contribution in [0.25, 0.3) is 0 Å². The number of nitrogens with one attached hydrogen (secondary N) is 2. The zero-order chi connectivity index (χ0) is 21.3. The number of allylic oxidation sites excluding steroid dienone is 3. The van der Waals surface area contributed by atoms with Crippen LogP contribution in [0.15, 0.2) is 69.6 Å². The number of ether oxygens (including phenoxy) is 1. The third-order valence-electron chi connectivity index (χ3n) is 5.42. The predicted molar refractivity (Wildman–Crippen MR) is 118 cm³/mol. The number of amides is 1. The van der Waals surface area contributed by atoms with Gasteiger partial charge in [0.15, 0.2) is 5.78 Å². The van der Waals surface area contributed by atoms with Crippen molar-refractivity contribution in [1.29, 1.82) is 0 Å². The minimum absolute atomic E-state index is 0.0798. The van der Waals surface area contributed by atoms with Gasteiger partial charge in [-0.2, -0.15) is 0 Å². The van der Waals surface area contributed by atoms with Gasteiger partial charge in [0.25, 0.3) is 5.91 Å². The second kappa shape index (κ2) is 8.44. The Bertz CT molecular complexity index is 1070. The lowest BCUT2D eigenvalue weighted by Crippen LogP contribution is -2.35. The van der Waals surface area contributed by atoms with Crippen LogP contribution < -0.4 is 15.4 Å². The van der Waals surface area contributed by atoms with Crippen LogP contribution in [-0.2, 0) is 9.59 Å². The van der Waals surface area contributed by atoms with Gasteiger partial charge in [0.05, 0.1) is 7.11 Å². The Balaban J connectivity index is 1.79. The first kappa shape index (κ1) is 20.3. The average Bonchev–Trinajstić information content (AvgIpc) is 2.74. The molecular formula is C23H22BrN3O3. The normalized spacial score (nSPS) is 18.6. The summed E-state index contributed by atoms with van der Waals surface area (Å²) < 4.78 is 6.22. The van der Waals surface area contributed by atoms with Crippen molar-refractivity contribution in [2.75, 3.05) is 12.4 Å². The Hall–Kier alpha value is -2.93. The molecule has 0 spiro atoms. The molecular weight excluding hydrogens is 446 g/mol. The summed E-state index contributed by atoms with van der Waals surface area (Å²) in [6.07, 6.45) is 3.72. The quantitative estimate of drug-likeness (QED) is 0.693. The van der Waals surface area contributed by atoms with E-state index in [2.05, 4.69) is 31.5 Å². The maximum Gasteiger partial charge on any atom is 0.255 e. The number of carbonyl (C=O) groups excluding carboxylic acids is 2. The highest BCUT2D eigenvalue weighted by molar-refractivity contribution is 9.10. The van der Waals surface area contributed by atoms with E-state index in [4.69, 9.17) is 4.74 Å². The lowest BCUT2D eigenvalue weighted by Gasteiger charge is -2.34. The number of rotatable bonds is 4. The maximum atomic E-state index is 13.4. The summed E-state index contributed by atoms with van der Waals surface area (Å²) in [5, 5.41) is 6.20. The molecule has 154 valence electrons. The summed E-state index contributed by atoms with van der Waals surface area (Å²) in [6.45, 7) is 1.87. The molecule has 2 heterocycles. The molecule has 0 fully saturated rings. The molecule has 2 N–H and O–H groups in total. The molecule has 1 aromatic heterocycles. The van der Waals surface area contributed by atoms with E-state index in [0.717, 1.165) is 34.3 Å². The van der Waals surface area contributed by atoms with Gasteiger partial charge in [-0.3, -0.25) is 9.59 Å². The highest BCUT2D eigenvalue weighted by Crippen LogP contribution is 2.43. The molecule has 4 rings (SSSR count). The van der Waals surface area contributed by atoms with Crippen LogP contribution >= 0.6 is 15.9 Å². The molecule has 0 saturated carbocycles. The van der Waals surface area contributed by atoms with Gasteiger partial charge in [0.1, 0.15) is 11.6 Å². The summed E-state index contributed by atoms with van der Waals surface area (Å²) >= 11 is 3.35. The Labute approximate surface area is 183 Å². The van der Waals surface area contributed by atoms with Crippen molar-refractivity contribution in [2.45, 2.75) is 32.1 Å². The first-order chi connectivity index (χ1) is 14.5. The van der Waals surface area contributed by atoms with Gasteiger partial charge < -0.3 is 15.4 Å². The number of Topliss-reactive ketones (excluding diaryl/α,β-unsaturated/α-hetero) is 1. The van der Waals surface area contributed by atoms with Crippen LogP contribution in [0.2, 0.25) is 0 Å². The smallest absolute Gasteiger partial charge is 0.255 e. The van der Waals surface area contributed by atoms with Crippen molar-refractivity contribution in [3.63, 3.8) is 0 Å². The molecule has 0 unspecified atom stereocenters. The van der Waals surface area contributed by atoms with Gasteiger partial charge in [-0.05, 0) is 65.5 Å². The van der Waals surface area contributed by atoms with Crippen molar-refractivity contribution in [1.82, 2.24) is 10.3 Å². The predicted octanol–water partition coefficient (Wildman–Crippen LogP) is 4.46. The number of hydrogen-bond donors (Lipinski definition) is 2. The van der Waals surface area contributed by atoms with Crippen molar-refractivity contribution < 1.29 is 14.3 Å². The molecule has 30 heavy (non-hydrogen) atoms. The molecule has 1 amide bonds. The first-order valence-corrected chi connectivity index (χ1v) is 10.6.